The molecule has 138 valence electrons. The van der Waals surface area contributed by atoms with E-state index in [9.17, 15) is 0 Å². The molecule has 1 rings (SSSR count). The highest BCUT2D eigenvalue weighted by atomic mass is 127. The van der Waals surface area contributed by atoms with Gasteiger partial charge in [0.2, 0.25) is 0 Å². The molecular weight excluding hydrogens is 403 g/mol. The first-order valence-corrected chi connectivity index (χ1v) is 8.82. The predicted octanol–water partition coefficient (Wildman–Crippen LogP) is 2.90. The predicted molar refractivity (Wildman–Crippen MR) is 110 cm³/mol. The van der Waals surface area contributed by atoms with Crippen LogP contribution in [0.15, 0.2) is 4.99 Å². The maximum atomic E-state index is 5.92. The fourth-order valence-corrected chi connectivity index (χ4v) is 2.60. The highest BCUT2D eigenvalue weighted by Gasteiger charge is 2.13. The van der Waals surface area contributed by atoms with Crippen molar-refractivity contribution in [1.29, 1.82) is 0 Å². The Morgan fingerprint density at radius 2 is 1.70 bits per heavy atom. The number of aliphatic imine (C=N–C) groups is 1. The van der Waals surface area contributed by atoms with Gasteiger partial charge in [-0.2, -0.15) is 0 Å². The van der Waals surface area contributed by atoms with Crippen LogP contribution < -0.4 is 16.0 Å². The van der Waals surface area contributed by atoms with Crippen LogP contribution in [-0.2, 0) is 4.74 Å². The summed E-state index contributed by atoms with van der Waals surface area (Å²) in [5.74, 6) is 0.869. The van der Waals surface area contributed by atoms with Gasteiger partial charge in [0.1, 0.15) is 0 Å². The summed E-state index contributed by atoms with van der Waals surface area (Å²) >= 11 is 0. The quantitative estimate of drug-likeness (QED) is 0.235. The summed E-state index contributed by atoms with van der Waals surface area (Å²) in [5, 5.41) is 10.1. The third kappa shape index (κ3) is 12.9. The Bertz CT molecular complexity index is 312. The van der Waals surface area contributed by atoms with Crippen molar-refractivity contribution in [3.8, 4) is 0 Å². The smallest absolute Gasteiger partial charge is 0.191 e. The van der Waals surface area contributed by atoms with Crippen LogP contribution in [0.25, 0.3) is 0 Å². The molecule has 0 saturated heterocycles. The zero-order valence-corrected chi connectivity index (χ0v) is 17.7. The fourth-order valence-electron chi connectivity index (χ4n) is 2.60. The van der Waals surface area contributed by atoms with Crippen LogP contribution in [0.5, 0.6) is 0 Å². The molecule has 1 fully saturated rings. The average Bonchev–Trinajstić information content (AvgIpc) is 2.49. The molecule has 6 heteroatoms. The Labute approximate surface area is 159 Å². The second-order valence-electron chi connectivity index (χ2n) is 7.09. The monoisotopic (exact) mass is 440 g/mol. The molecule has 0 aliphatic heterocycles. The van der Waals surface area contributed by atoms with Gasteiger partial charge in [0.05, 0.1) is 6.10 Å². The van der Waals surface area contributed by atoms with E-state index >= 15 is 0 Å². The van der Waals surface area contributed by atoms with Gasteiger partial charge in [-0.05, 0) is 40.0 Å². The maximum Gasteiger partial charge on any atom is 0.191 e. The molecule has 0 aromatic carbocycles. The summed E-state index contributed by atoms with van der Waals surface area (Å²) in [6, 6.07) is 0. The maximum absolute atomic E-state index is 5.92. The molecule has 0 amide bonds. The molecule has 0 atom stereocenters. The van der Waals surface area contributed by atoms with Crippen molar-refractivity contribution in [3.63, 3.8) is 0 Å². The molecule has 0 aromatic heterocycles. The highest BCUT2D eigenvalue weighted by Crippen LogP contribution is 2.20. The van der Waals surface area contributed by atoms with Crippen molar-refractivity contribution in [3.05, 3.63) is 0 Å². The van der Waals surface area contributed by atoms with E-state index in [0.717, 1.165) is 38.6 Å². The van der Waals surface area contributed by atoms with Gasteiger partial charge in [-0.1, -0.05) is 19.3 Å². The summed E-state index contributed by atoms with van der Waals surface area (Å²) in [7, 11) is 1.81. The zero-order chi connectivity index (χ0) is 16.3. The van der Waals surface area contributed by atoms with Crippen molar-refractivity contribution in [2.75, 3.05) is 33.3 Å². The van der Waals surface area contributed by atoms with Gasteiger partial charge in [0, 0.05) is 38.8 Å². The van der Waals surface area contributed by atoms with E-state index in [-0.39, 0.29) is 29.5 Å². The molecule has 0 radical (unpaired) electrons. The van der Waals surface area contributed by atoms with E-state index in [1.807, 2.05) is 7.05 Å². The van der Waals surface area contributed by atoms with Crippen LogP contribution in [0, 0.1) is 0 Å². The third-order valence-electron chi connectivity index (χ3n) is 3.82. The number of rotatable bonds is 8. The molecule has 0 spiro atoms. The van der Waals surface area contributed by atoms with E-state index in [1.165, 1.54) is 32.1 Å². The van der Waals surface area contributed by atoms with Crippen molar-refractivity contribution < 1.29 is 4.74 Å². The Morgan fingerprint density at radius 3 is 2.30 bits per heavy atom. The lowest BCUT2D eigenvalue weighted by Crippen LogP contribution is -2.44. The first-order chi connectivity index (χ1) is 10.5. The van der Waals surface area contributed by atoms with Crippen LogP contribution in [0.2, 0.25) is 0 Å². The lowest BCUT2D eigenvalue weighted by Gasteiger charge is -2.22. The summed E-state index contributed by atoms with van der Waals surface area (Å²) in [6.07, 6.45) is 8.08. The Morgan fingerprint density at radius 1 is 1.04 bits per heavy atom. The normalized spacial score (nSPS) is 16.8. The van der Waals surface area contributed by atoms with Gasteiger partial charge >= 0.3 is 0 Å². The molecule has 1 aliphatic carbocycles. The van der Waals surface area contributed by atoms with Gasteiger partial charge < -0.3 is 20.7 Å². The standard InChI is InChI=1S/C17H36N4O.HI/c1-17(2,3)21-13-12-20-16(18-4)19-11-8-14-22-15-9-6-5-7-10-15;/h15,21H,5-14H2,1-4H3,(H2,18,19,20);1H. The van der Waals surface area contributed by atoms with Gasteiger partial charge in [-0.15, -0.1) is 24.0 Å². The van der Waals surface area contributed by atoms with E-state index in [0.29, 0.717) is 6.10 Å². The van der Waals surface area contributed by atoms with Crippen molar-refractivity contribution in [1.82, 2.24) is 16.0 Å². The number of hydrogen-bond donors (Lipinski definition) is 3. The van der Waals surface area contributed by atoms with Crippen LogP contribution in [0.1, 0.15) is 59.3 Å². The molecule has 0 aromatic rings. The number of halogens is 1. The number of guanidine groups is 1. The zero-order valence-electron chi connectivity index (χ0n) is 15.4. The second kappa shape index (κ2) is 13.2. The molecular formula is C17H37IN4O. The number of nitrogens with zero attached hydrogens (tertiary/aromatic N) is 1. The molecule has 0 unspecified atom stereocenters. The first-order valence-electron chi connectivity index (χ1n) is 8.82. The minimum Gasteiger partial charge on any atom is -0.378 e. The Balaban J connectivity index is 0.00000484. The first kappa shape index (κ1) is 22.9. The van der Waals surface area contributed by atoms with E-state index < -0.39 is 0 Å². The summed E-state index contributed by atoms with van der Waals surface area (Å²) in [4.78, 5) is 4.24. The van der Waals surface area contributed by atoms with Gasteiger partial charge in [-0.25, -0.2) is 0 Å². The molecule has 1 saturated carbocycles. The molecule has 0 heterocycles. The molecule has 23 heavy (non-hydrogen) atoms. The summed E-state index contributed by atoms with van der Waals surface area (Å²) in [5.41, 5.74) is 0.162. The number of nitrogens with one attached hydrogen (secondary N) is 3. The van der Waals surface area contributed by atoms with Gasteiger partial charge in [0.15, 0.2) is 5.96 Å². The molecule has 1 aliphatic rings. The lowest BCUT2D eigenvalue weighted by molar-refractivity contribution is 0.0277. The average molecular weight is 440 g/mol. The number of ether oxygens (including phenoxy) is 1. The van der Waals surface area contributed by atoms with Gasteiger partial charge in [-0.3, -0.25) is 4.99 Å². The minimum absolute atomic E-state index is 0. The largest absolute Gasteiger partial charge is 0.378 e. The van der Waals surface area contributed by atoms with Crippen LogP contribution >= 0.6 is 24.0 Å². The summed E-state index contributed by atoms with van der Waals surface area (Å²) in [6.45, 7) is 10.1. The summed E-state index contributed by atoms with van der Waals surface area (Å²) < 4.78 is 5.92. The lowest BCUT2D eigenvalue weighted by atomic mass is 9.98. The van der Waals surface area contributed by atoms with E-state index in [2.05, 4.69) is 41.7 Å². The van der Waals surface area contributed by atoms with Gasteiger partial charge in [0.25, 0.3) is 0 Å². The van der Waals surface area contributed by atoms with Crippen LogP contribution in [0.3, 0.4) is 0 Å². The van der Waals surface area contributed by atoms with Crippen LogP contribution in [0.4, 0.5) is 0 Å². The highest BCUT2D eigenvalue weighted by molar-refractivity contribution is 14.0. The molecule has 3 N–H and O–H groups in total. The fraction of sp³-hybridized carbons (Fsp3) is 0.941. The second-order valence-corrected chi connectivity index (χ2v) is 7.09. The topological polar surface area (TPSA) is 57.7 Å². The Kier molecular flexibility index (Phi) is 13.2. The van der Waals surface area contributed by atoms with Crippen molar-refractivity contribution in [2.45, 2.75) is 70.9 Å². The van der Waals surface area contributed by atoms with Crippen molar-refractivity contribution >= 4 is 29.9 Å². The Hall–Kier alpha value is -0.0800. The molecule has 5 nitrogen and oxygen atoms in total. The van der Waals surface area contributed by atoms with E-state index in [1.54, 1.807) is 0 Å². The number of hydrogen-bond acceptors (Lipinski definition) is 3. The minimum atomic E-state index is 0. The molecule has 0 bridgehead atoms. The van der Waals surface area contributed by atoms with E-state index in [4.69, 9.17) is 4.74 Å². The SMILES string of the molecule is CN=C(NCCCOC1CCCCC1)NCCNC(C)(C)C.I. The van der Waals surface area contributed by atoms with Crippen molar-refractivity contribution in [2.24, 2.45) is 4.99 Å². The third-order valence-corrected chi connectivity index (χ3v) is 3.82. The van der Waals surface area contributed by atoms with Crippen LogP contribution in [-0.4, -0.2) is 50.9 Å².